The van der Waals surface area contributed by atoms with Crippen LogP contribution < -0.4 is 5.32 Å². The number of nitrogens with zero attached hydrogens (tertiary/aromatic N) is 1. The summed E-state index contributed by atoms with van der Waals surface area (Å²) in [6.45, 7) is 7.61. The van der Waals surface area contributed by atoms with Crippen LogP contribution in [0.15, 0.2) is 0 Å². The van der Waals surface area contributed by atoms with Crippen molar-refractivity contribution in [1.29, 1.82) is 0 Å². The average Bonchev–Trinajstić information content (AvgIpc) is 2.65. The SMILES string of the molecule is CC1NCCC1CN1CCCC1. The van der Waals surface area contributed by atoms with E-state index in [2.05, 4.69) is 17.1 Å². The van der Waals surface area contributed by atoms with Crippen molar-refractivity contribution in [3.05, 3.63) is 0 Å². The lowest BCUT2D eigenvalue weighted by atomic mass is 10.0. The van der Waals surface area contributed by atoms with E-state index < -0.39 is 0 Å². The summed E-state index contributed by atoms with van der Waals surface area (Å²) in [6, 6.07) is 0.755. The van der Waals surface area contributed by atoms with E-state index in [0.717, 1.165) is 12.0 Å². The highest BCUT2D eigenvalue weighted by molar-refractivity contribution is 4.83. The maximum absolute atomic E-state index is 3.52. The summed E-state index contributed by atoms with van der Waals surface area (Å²) >= 11 is 0. The second-order valence-electron chi connectivity index (χ2n) is 4.30. The summed E-state index contributed by atoms with van der Waals surface area (Å²) in [5.74, 6) is 0.920. The summed E-state index contributed by atoms with van der Waals surface area (Å²) in [4.78, 5) is 2.63. The minimum atomic E-state index is 0.755. The molecule has 0 radical (unpaired) electrons. The number of hydrogen-bond acceptors (Lipinski definition) is 2. The van der Waals surface area contributed by atoms with Gasteiger partial charge in [-0.05, 0) is 51.7 Å². The van der Waals surface area contributed by atoms with Crippen LogP contribution in [0.5, 0.6) is 0 Å². The summed E-state index contributed by atoms with van der Waals surface area (Å²) in [5, 5.41) is 3.52. The minimum absolute atomic E-state index is 0.755. The van der Waals surface area contributed by atoms with Crippen molar-refractivity contribution in [3.8, 4) is 0 Å². The summed E-state index contributed by atoms with van der Waals surface area (Å²) in [6.07, 6.45) is 4.24. The average molecular weight is 168 g/mol. The zero-order chi connectivity index (χ0) is 8.39. The molecule has 2 heterocycles. The van der Waals surface area contributed by atoms with Crippen LogP contribution in [-0.4, -0.2) is 37.1 Å². The Labute approximate surface area is 75.3 Å². The van der Waals surface area contributed by atoms with Crippen LogP contribution in [0.3, 0.4) is 0 Å². The number of hydrogen-bond donors (Lipinski definition) is 1. The van der Waals surface area contributed by atoms with Crippen LogP contribution in [0, 0.1) is 5.92 Å². The predicted molar refractivity (Wildman–Crippen MR) is 51.2 cm³/mol. The van der Waals surface area contributed by atoms with Gasteiger partial charge in [-0.1, -0.05) is 0 Å². The lowest BCUT2D eigenvalue weighted by molar-refractivity contribution is 0.267. The van der Waals surface area contributed by atoms with Crippen molar-refractivity contribution in [2.75, 3.05) is 26.2 Å². The Morgan fingerprint density at radius 3 is 2.67 bits per heavy atom. The van der Waals surface area contributed by atoms with E-state index in [9.17, 15) is 0 Å². The van der Waals surface area contributed by atoms with E-state index in [1.54, 1.807) is 0 Å². The fraction of sp³-hybridized carbons (Fsp3) is 1.00. The highest BCUT2D eigenvalue weighted by Gasteiger charge is 2.25. The van der Waals surface area contributed by atoms with E-state index >= 15 is 0 Å². The second-order valence-corrected chi connectivity index (χ2v) is 4.30. The van der Waals surface area contributed by atoms with Gasteiger partial charge in [-0.25, -0.2) is 0 Å². The molecule has 2 fully saturated rings. The Morgan fingerprint density at radius 1 is 1.33 bits per heavy atom. The lowest BCUT2D eigenvalue weighted by Gasteiger charge is -2.22. The largest absolute Gasteiger partial charge is 0.314 e. The molecule has 2 atom stereocenters. The van der Waals surface area contributed by atoms with E-state index in [1.807, 2.05) is 0 Å². The van der Waals surface area contributed by atoms with Crippen LogP contribution >= 0.6 is 0 Å². The van der Waals surface area contributed by atoms with Crippen molar-refractivity contribution in [2.45, 2.75) is 32.2 Å². The molecule has 0 aromatic heterocycles. The molecule has 12 heavy (non-hydrogen) atoms. The number of nitrogens with one attached hydrogen (secondary N) is 1. The first-order chi connectivity index (χ1) is 5.86. The highest BCUT2D eigenvalue weighted by Crippen LogP contribution is 2.18. The number of likely N-dealkylation sites (tertiary alicyclic amines) is 1. The van der Waals surface area contributed by atoms with Gasteiger partial charge in [0.05, 0.1) is 0 Å². The molecule has 2 nitrogen and oxygen atoms in total. The van der Waals surface area contributed by atoms with Gasteiger partial charge in [-0.15, -0.1) is 0 Å². The smallest absolute Gasteiger partial charge is 0.00796 e. The molecular formula is C10H20N2. The van der Waals surface area contributed by atoms with Gasteiger partial charge < -0.3 is 10.2 Å². The van der Waals surface area contributed by atoms with Crippen LogP contribution in [0.4, 0.5) is 0 Å². The van der Waals surface area contributed by atoms with Crippen molar-refractivity contribution < 1.29 is 0 Å². The van der Waals surface area contributed by atoms with Crippen LogP contribution in [-0.2, 0) is 0 Å². The van der Waals surface area contributed by atoms with Crippen LogP contribution in [0.2, 0.25) is 0 Å². The van der Waals surface area contributed by atoms with Gasteiger partial charge in [-0.3, -0.25) is 0 Å². The van der Waals surface area contributed by atoms with Crippen molar-refractivity contribution in [2.24, 2.45) is 5.92 Å². The molecule has 0 saturated carbocycles. The van der Waals surface area contributed by atoms with E-state index in [0.29, 0.717) is 0 Å². The Balaban J connectivity index is 1.77. The van der Waals surface area contributed by atoms with Gasteiger partial charge in [-0.2, -0.15) is 0 Å². The van der Waals surface area contributed by atoms with Crippen molar-refractivity contribution in [3.63, 3.8) is 0 Å². The molecule has 1 N–H and O–H groups in total. The molecule has 0 spiro atoms. The molecule has 0 aliphatic carbocycles. The Morgan fingerprint density at radius 2 is 2.08 bits per heavy atom. The minimum Gasteiger partial charge on any atom is -0.314 e. The third-order valence-corrected chi connectivity index (χ3v) is 3.38. The molecule has 2 unspecified atom stereocenters. The standard InChI is InChI=1S/C10H20N2/c1-9-10(4-5-11-9)8-12-6-2-3-7-12/h9-11H,2-8H2,1H3. The zero-order valence-electron chi connectivity index (χ0n) is 8.05. The van der Waals surface area contributed by atoms with Gasteiger partial charge in [0.1, 0.15) is 0 Å². The molecule has 2 rings (SSSR count). The predicted octanol–water partition coefficient (Wildman–Crippen LogP) is 1.08. The summed E-state index contributed by atoms with van der Waals surface area (Å²) < 4.78 is 0. The van der Waals surface area contributed by atoms with Gasteiger partial charge >= 0.3 is 0 Å². The van der Waals surface area contributed by atoms with Crippen LogP contribution in [0.1, 0.15) is 26.2 Å². The quantitative estimate of drug-likeness (QED) is 0.664. The maximum atomic E-state index is 3.52. The third kappa shape index (κ3) is 1.80. The van der Waals surface area contributed by atoms with Gasteiger partial charge in [0.25, 0.3) is 0 Å². The molecule has 0 bridgehead atoms. The first kappa shape index (κ1) is 8.52. The Kier molecular flexibility index (Phi) is 2.66. The van der Waals surface area contributed by atoms with E-state index in [1.165, 1.54) is 45.4 Å². The fourth-order valence-electron chi connectivity index (χ4n) is 2.46. The Bertz CT molecular complexity index is 141. The van der Waals surface area contributed by atoms with Gasteiger partial charge in [0.15, 0.2) is 0 Å². The maximum Gasteiger partial charge on any atom is 0.00796 e. The normalized spacial score (nSPS) is 37.8. The second kappa shape index (κ2) is 3.75. The number of rotatable bonds is 2. The van der Waals surface area contributed by atoms with E-state index in [-0.39, 0.29) is 0 Å². The van der Waals surface area contributed by atoms with Gasteiger partial charge in [0, 0.05) is 12.6 Å². The molecule has 2 heteroatoms. The Hall–Kier alpha value is -0.0800. The topological polar surface area (TPSA) is 15.3 Å². The first-order valence-corrected chi connectivity index (χ1v) is 5.32. The molecule has 0 amide bonds. The molecular weight excluding hydrogens is 148 g/mol. The van der Waals surface area contributed by atoms with E-state index in [4.69, 9.17) is 0 Å². The molecule has 0 aromatic rings. The summed E-state index contributed by atoms with van der Waals surface area (Å²) in [7, 11) is 0. The van der Waals surface area contributed by atoms with Gasteiger partial charge in [0.2, 0.25) is 0 Å². The van der Waals surface area contributed by atoms with Crippen molar-refractivity contribution >= 4 is 0 Å². The lowest BCUT2D eigenvalue weighted by Crippen LogP contribution is -2.32. The monoisotopic (exact) mass is 168 g/mol. The zero-order valence-corrected chi connectivity index (χ0v) is 8.05. The molecule has 2 aliphatic heterocycles. The van der Waals surface area contributed by atoms with Crippen LogP contribution in [0.25, 0.3) is 0 Å². The molecule has 2 saturated heterocycles. The highest BCUT2D eigenvalue weighted by atomic mass is 15.1. The molecule has 0 aromatic carbocycles. The molecule has 70 valence electrons. The molecule has 2 aliphatic rings. The van der Waals surface area contributed by atoms with Crippen molar-refractivity contribution in [1.82, 2.24) is 10.2 Å². The first-order valence-electron chi connectivity index (χ1n) is 5.32. The third-order valence-electron chi connectivity index (χ3n) is 3.38. The summed E-state index contributed by atoms with van der Waals surface area (Å²) in [5.41, 5.74) is 0. The fourth-order valence-corrected chi connectivity index (χ4v) is 2.46.